The third-order valence-electron chi connectivity index (χ3n) is 3.38. The van der Waals surface area contributed by atoms with Crippen LogP contribution in [-0.2, 0) is 0 Å². The van der Waals surface area contributed by atoms with Crippen LogP contribution in [0.3, 0.4) is 0 Å². The zero-order valence-electron chi connectivity index (χ0n) is 12.3. The van der Waals surface area contributed by atoms with E-state index in [-0.39, 0.29) is 0 Å². The summed E-state index contributed by atoms with van der Waals surface area (Å²) >= 11 is 0. The van der Waals surface area contributed by atoms with Gasteiger partial charge in [-0.05, 0) is 29.5 Å². The quantitative estimate of drug-likeness (QED) is 0.570. The number of rotatable bonds is 5. The van der Waals surface area contributed by atoms with Crippen molar-refractivity contribution < 1.29 is 0 Å². The molecular weight excluding hydrogens is 240 g/mol. The first-order chi connectivity index (χ1) is 9.83. The average Bonchev–Trinajstić information content (AvgIpc) is 2.53. The second-order valence-corrected chi connectivity index (χ2v) is 4.86. The molecule has 0 saturated carbocycles. The summed E-state index contributed by atoms with van der Waals surface area (Å²) in [5, 5.41) is 0. The van der Waals surface area contributed by atoms with Gasteiger partial charge >= 0.3 is 0 Å². The molecule has 0 bridgehead atoms. The van der Waals surface area contributed by atoms with E-state index in [2.05, 4.69) is 80.6 Å². The SMILES string of the molecule is CCC=C(C=Cc1ccc(-c2ccccc2)cc1)CC. The Balaban J connectivity index is 2.13. The van der Waals surface area contributed by atoms with Crippen LogP contribution in [0.15, 0.2) is 72.3 Å². The van der Waals surface area contributed by atoms with Gasteiger partial charge in [-0.1, -0.05) is 92.2 Å². The van der Waals surface area contributed by atoms with Crippen LogP contribution in [0, 0.1) is 0 Å². The second kappa shape index (κ2) is 7.49. The molecule has 2 aromatic rings. The van der Waals surface area contributed by atoms with Crippen molar-refractivity contribution in [2.75, 3.05) is 0 Å². The van der Waals surface area contributed by atoms with Gasteiger partial charge in [0.05, 0.1) is 0 Å². The zero-order chi connectivity index (χ0) is 14.2. The van der Waals surface area contributed by atoms with E-state index in [1.54, 1.807) is 0 Å². The lowest BCUT2D eigenvalue weighted by atomic mass is 10.0. The Labute approximate surface area is 122 Å². The van der Waals surface area contributed by atoms with E-state index in [1.807, 2.05) is 6.07 Å². The van der Waals surface area contributed by atoms with E-state index in [0.29, 0.717) is 0 Å². The number of allylic oxidation sites excluding steroid dienone is 3. The Morgan fingerprint density at radius 2 is 1.50 bits per heavy atom. The highest BCUT2D eigenvalue weighted by Gasteiger charge is 1.95. The largest absolute Gasteiger partial charge is 0.0816 e. The van der Waals surface area contributed by atoms with Crippen LogP contribution in [0.4, 0.5) is 0 Å². The molecule has 0 aliphatic carbocycles. The maximum absolute atomic E-state index is 2.29. The molecule has 0 aliphatic rings. The molecule has 0 heterocycles. The van der Waals surface area contributed by atoms with Crippen molar-refractivity contribution in [1.82, 2.24) is 0 Å². The summed E-state index contributed by atoms with van der Waals surface area (Å²) in [7, 11) is 0. The van der Waals surface area contributed by atoms with Crippen LogP contribution in [0.2, 0.25) is 0 Å². The smallest absolute Gasteiger partial charge is 0.0184 e. The molecular formula is C20H22. The summed E-state index contributed by atoms with van der Waals surface area (Å²) in [6.07, 6.45) is 8.89. The summed E-state index contributed by atoms with van der Waals surface area (Å²) in [5.74, 6) is 0. The van der Waals surface area contributed by atoms with Crippen LogP contribution < -0.4 is 0 Å². The summed E-state index contributed by atoms with van der Waals surface area (Å²) in [4.78, 5) is 0. The van der Waals surface area contributed by atoms with E-state index in [4.69, 9.17) is 0 Å². The predicted molar refractivity (Wildman–Crippen MR) is 89.6 cm³/mol. The van der Waals surface area contributed by atoms with E-state index in [0.717, 1.165) is 12.8 Å². The molecule has 102 valence electrons. The topological polar surface area (TPSA) is 0 Å². The molecule has 0 aliphatic heterocycles. The van der Waals surface area contributed by atoms with E-state index in [1.165, 1.54) is 22.3 Å². The van der Waals surface area contributed by atoms with Gasteiger partial charge in [-0.15, -0.1) is 0 Å². The number of hydrogen-bond acceptors (Lipinski definition) is 0. The molecule has 0 fully saturated rings. The standard InChI is InChI=1S/C20H22/c1-3-8-17(4-2)11-12-18-13-15-20(16-14-18)19-9-6-5-7-10-19/h5-16H,3-4H2,1-2H3. The van der Waals surface area contributed by atoms with Gasteiger partial charge in [-0.3, -0.25) is 0 Å². The molecule has 0 spiro atoms. The van der Waals surface area contributed by atoms with Crippen molar-refractivity contribution in [3.63, 3.8) is 0 Å². The summed E-state index contributed by atoms with van der Waals surface area (Å²) < 4.78 is 0. The van der Waals surface area contributed by atoms with Gasteiger partial charge in [-0.25, -0.2) is 0 Å². The lowest BCUT2D eigenvalue weighted by Gasteiger charge is -2.02. The molecule has 0 N–H and O–H groups in total. The molecule has 2 rings (SSSR count). The number of benzene rings is 2. The molecule has 0 amide bonds. The van der Waals surface area contributed by atoms with Gasteiger partial charge in [0.2, 0.25) is 0 Å². The van der Waals surface area contributed by atoms with Gasteiger partial charge in [-0.2, -0.15) is 0 Å². The lowest BCUT2D eigenvalue weighted by molar-refractivity contribution is 1.10. The third kappa shape index (κ3) is 3.96. The minimum atomic E-state index is 1.09. The van der Waals surface area contributed by atoms with Crippen LogP contribution >= 0.6 is 0 Å². The van der Waals surface area contributed by atoms with Crippen LogP contribution in [-0.4, -0.2) is 0 Å². The highest BCUT2D eigenvalue weighted by molar-refractivity contribution is 5.65. The first-order valence-electron chi connectivity index (χ1n) is 7.36. The average molecular weight is 262 g/mol. The van der Waals surface area contributed by atoms with Gasteiger partial charge in [0.15, 0.2) is 0 Å². The normalized spacial score (nSPS) is 12.0. The molecule has 0 atom stereocenters. The molecule has 0 heteroatoms. The monoisotopic (exact) mass is 262 g/mol. The van der Waals surface area contributed by atoms with Crippen molar-refractivity contribution in [1.29, 1.82) is 0 Å². The Morgan fingerprint density at radius 1 is 0.850 bits per heavy atom. The highest BCUT2D eigenvalue weighted by atomic mass is 14.0. The Bertz CT molecular complexity index is 571. The fraction of sp³-hybridized carbons (Fsp3) is 0.200. The minimum absolute atomic E-state index is 1.09. The Hall–Kier alpha value is -2.08. The number of hydrogen-bond donors (Lipinski definition) is 0. The van der Waals surface area contributed by atoms with Crippen molar-refractivity contribution in [3.05, 3.63) is 77.9 Å². The molecule has 0 unspecified atom stereocenters. The Kier molecular flexibility index (Phi) is 5.37. The summed E-state index contributed by atoms with van der Waals surface area (Å²) in [5.41, 5.74) is 5.19. The Morgan fingerprint density at radius 3 is 2.10 bits per heavy atom. The summed E-state index contributed by atoms with van der Waals surface area (Å²) in [6, 6.07) is 19.2. The van der Waals surface area contributed by atoms with Gasteiger partial charge in [0, 0.05) is 0 Å². The van der Waals surface area contributed by atoms with E-state index >= 15 is 0 Å². The maximum atomic E-state index is 2.29. The minimum Gasteiger partial charge on any atom is -0.0816 e. The highest BCUT2D eigenvalue weighted by Crippen LogP contribution is 2.20. The zero-order valence-corrected chi connectivity index (χ0v) is 12.3. The second-order valence-electron chi connectivity index (χ2n) is 4.86. The molecule has 0 saturated heterocycles. The third-order valence-corrected chi connectivity index (χ3v) is 3.38. The predicted octanol–water partition coefficient (Wildman–Crippen LogP) is 6.11. The maximum Gasteiger partial charge on any atom is -0.0184 e. The summed E-state index contributed by atoms with van der Waals surface area (Å²) in [6.45, 7) is 4.38. The van der Waals surface area contributed by atoms with Gasteiger partial charge < -0.3 is 0 Å². The van der Waals surface area contributed by atoms with Crippen LogP contribution in [0.25, 0.3) is 17.2 Å². The van der Waals surface area contributed by atoms with Crippen LogP contribution in [0.5, 0.6) is 0 Å². The molecule has 0 radical (unpaired) electrons. The van der Waals surface area contributed by atoms with Crippen molar-refractivity contribution in [2.24, 2.45) is 0 Å². The van der Waals surface area contributed by atoms with Crippen LogP contribution in [0.1, 0.15) is 32.3 Å². The molecule has 20 heavy (non-hydrogen) atoms. The van der Waals surface area contributed by atoms with Crippen molar-refractivity contribution in [3.8, 4) is 11.1 Å². The van der Waals surface area contributed by atoms with E-state index in [9.17, 15) is 0 Å². The fourth-order valence-corrected chi connectivity index (χ4v) is 2.21. The van der Waals surface area contributed by atoms with E-state index < -0.39 is 0 Å². The van der Waals surface area contributed by atoms with Crippen molar-refractivity contribution in [2.45, 2.75) is 26.7 Å². The lowest BCUT2D eigenvalue weighted by Crippen LogP contribution is -1.79. The molecule has 2 aromatic carbocycles. The molecule has 0 nitrogen and oxygen atoms in total. The fourth-order valence-electron chi connectivity index (χ4n) is 2.21. The first-order valence-corrected chi connectivity index (χ1v) is 7.36. The van der Waals surface area contributed by atoms with Gasteiger partial charge in [0.25, 0.3) is 0 Å². The van der Waals surface area contributed by atoms with Crippen molar-refractivity contribution >= 4 is 6.08 Å². The first kappa shape index (κ1) is 14.3. The van der Waals surface area contributed by atoms with Gasteiger partial charge in [0.1, 0.15) is 0 Å². The molecule has 0 aromatic heterocycles.